The van der Waals surface area contributed by atoms with Gasteiger partial charge >= 0.3 is 5.97 Å². The van der Waals surface area contributed by atoms with Crippen molar-refractivity contribution >= 4 is 23.4 Å². The second-order valence-corrected chi connectivity index (χ2v) is 9.20. The standard InChI is InChI=1S/C26H29FN2O3S/c1-2-28-14-15-32-24-12-9-20(17-23(24)28)18-29-13-3-6-22(26(30)31)25(29)33-16-4-5-19-7-10-21(27)11-8-19/h3,6-12,17H,2,4-5,13-16,18H2,1H3,(H,30,31). The number of anilines is 1. The maximum absolute atomic E-state index is 13.1. The van der Waals surface area contributed by atoms with Gasteiger partial charge < -0.3 is 19.6 Å². The molecule has 4 rings (SSSR count). The fraction of sp³-hybridized carbons (Fsp3) is 0.346. The highest BCUT2D eigenvalue weighted by molar-refractivity contribution is 8.03. The zero-order valence-electron chi connectivity index (χ0n) is 18.8. The van der Waals surface area contributed by atoms with Crippen molar-refractivity contribution in [3.05, 3.63) is 82.2 Å². The molecule has 2 aliphatic rings. The highest BCUT2D eigenvalue weighted by atomic mass is 32.2. The number of aliphatic carboxylic acids is 1. The van der Waals surface area contributed by atoms with Crippen molar-refractivity contribution in [3.63, 3.8) is 0 Å². The Morgan fingerprint density at radius 1 is 1.15 bits per heavy atom. The van der Waals surface area contributed by atoms with Gasteiger partial charge in [-0.3, -0.25) is 0 Å². The maximum atomic E-state index is 13.1. The predicted molar refractivity (Wildman–Crippen MR) is 131 cm³/mol. The van der Waals surface area contributed by atoms with E-state index in [1.807, 2.05) is 12.1 Å². The Morgan fingerprint density at radius 3 is 2.70 bits per heavy atom. The zero-order valence-corrected chi connectivity index (χ0v) is 19.6. The molecule has 2 aromatic carbocycles. The first-order chi connectivity index (χ1) is 16.0. The summed E-state index contributed by atoms with van der Waals surface area (Å²) in [6.07, 6.45) is 5.33. The van der Waals surface area contributed by atoms with Crippen molar-refractivity contribution in [2.24, 2.45) is 0 Å². The highest BCUT2D eigenvalue weighted by Crippen LogP contribution is 2.35. The number of benzene rings is 2. The molecule has 0 radical (unpaired) electrons. The van der Waals surface area contributed by atoms with Gasteiger partial charge in [0.2, 0.25) is 0 Å². The molecule has 0 fully saturated rings. The fourth-order valence-electron chi connectivity index (χ4n) is 4.15. The predicted octanol–water partition coefficient (Wildman–Crippen LogP) is 5.08. The molecular formula is C26H29FN2O3S. The van der Waals surface area contributed by atoms with E-state index in [0.29, 0.717) is 25.3 Å². The quantitative estimate of drug-likeness (QED) is 0.518. The average molecular weight is 469 g/mol. The van der Waals surface area contributed by atoms with Gasteiger partial charge in [-0.1, -0.05) is 24.3 Å². The summed E-state index contributed by atoms with van der Waals surface area (Å²) >= 11 is 1.58. The van der Waals surface area contributed by atoms with Gasteiger partial charge in [0.25, 0.3) is 0 Å². The number of hydrogen-bond acceptors (Lipinski definition) is 5. The number of carbonyl (C=O) groups is 1. The Labute approximate surface area is 198 Å². The van der Waals surface area contributed by atoms with E-state index >= 15 is 0 Å². The van der Waals surface area contributed by atoms with Crippen molar-refractivity contribution < 1.29 is 19.0 Å². The molecular weight excluding hydrogens is 439 g/mol. The number of likely N-dealkylation sites (N-methyl/N-ethyl adjacent to an activating group) is 1. The number of rotatable bonds is 9. The molecule has 5 nitrogen and oxygen atoms in total. The van der Waals surface area contributed by atoms with Gasteiger partial charge in [0, 0.05) is 19.6 Å². The van der Waals surface area contributed by atoms with Crippen molar-refractivity contribution in [1.29, 1.82) is 0 Å². The molecule has 1 N–H and O–H groups in total. The second kappa shape index (κ2) is 10.8. The van der Waals surface area contributed by atoms with Crippen molar-refractivity contribution in [2.45, 2.75) is 26.3 Å². The molecule has 7 heteroatoms. The minimum absolute atomic E-state index is 0.232. The lowest BCUT2D eigenvalue weighted by atomic mass is 10.1. The fourth-order valence-corrected chi connectivity index (χ4v) is 5.27. The monoisotopic (exact) mass is 468 g/mol. The number of halogens is 1. The number of fused-ring (bicyclic) bond motifs is 1. The molecule has 0 saturated heterocycles. The summed E-state index contributed by atoms with van der Waals surface area (Å²) in [5, 5.41) is 10.6. The van der Waals surface area contributed by atoms with Crippen LogP contribution in [0.3, 0.4) is 0 Å². The summed E-state index contributed by atoms with van der Waals surface area (Å²) in [5.74, 6) is 0.551. The molecule has 0 unspecified atom stereocenters. The van der Waals surface area contributed by atoms with E-state index in [9.17, 15) is 14.3 Å². The van der Waals surface area contributed by atoms with Crippen molar-refractivity contribution in [3.8, 4) is 5.75 Å². The summed E-state index contributed by atoms with van der Waals surface area (Å²) in [7, 11) is 0. The van der Waals surface area contributed by atoms with Crippen LogP contribution in [0.25, 0.3) is 0 Å². The molecule has 2 aromatic rings. The van der Waals surface area contributed by atoms with Gasteiger partial charge in [-0.25, -0.2) is 9.18 Å². The van der Waals surface area contributed by atoms with Gasteiger partial charge in [-0.2, -0.15) is 0 Å². The molecule has 2 aliphatic heterocycles. The zero-order chi connectivity index (χ0) is 23.2. The lowest BCUT2D eigenvalue weighted by Crippen LogP contribution is -2.32. The van der Waals surface area contributed by atoms with E-state index in [2.05, 4.69) is 28.9 Å². The van der Waals surface area contributed by atoms with Crippen molar-refractivity contribution in [2.75, 3.05) is 36.9 Å². The van der Waals surface area contributed by atoms with Crippen molar-refractivity contribution in [1.82, 2.24) is 4.90 Å². The SMILES string of the molecule is CCN1CCOc2ccc(CN3CC=CC(C(=O)O)=C3SCCCc3ccc(F)cc3)cc21. The lowest BCUT2D eigenvalue weighted by molar-refractivity contribution is -0.132. The van der Waals surface area contributed by atoms with Crippen LogP contribution in [0.2, 0.25) is 0 Å². The van der Waals surface area contributed by atoms with Crippen LogP contribution < -0.4 is 9.64 Å². The third kappa shape index (κ3) is 5.71. The van der Waals surface area contributed by atoms with Crippen LogP contribution >= 0.6 is 11.8 Å². The van der Waals surface area contributed by atoms with E-state index in [1.165, 1.54) is 12.1 Å². The molecule has 0 spiro atoms. The number of carboxylic acid groups (broad SMARTS) is 1. The summed E-state index contributed by atoms with van der Waals surface area (Å²) in [4.78, 5) is 16.4. The number of ether oxygens (including phenoxy) is 1. The van der Waals surface area contributed by atoms with E-state index in [4.69, 9.17) is 4.74 Å². The van der Waals surface area contributed by atoms with Gasteiger partial charge in [0.1, 0.15) is 18.2 Å². The van der Waals surface area contributed by atoms with Gasteiger partial charge in [-0.05, 0) is 67.0 Å². The van der Waals surface area contributed by atoms with E-state index in [0.717, 1.165) is 59.3 Å². The third-order valence-electron chi connectivity index (χ3n) is 5.86. The smallest absolute Gasteiger partial charge is 0.338 e. The van der Waals surface area contributed by atoms with Gasteiger partial charge in [0.15, 0.2) is 0 Å². The largest absolute Gasteiger partial charge is 0.490 e. The molecule has 0 saturated carbocycles. The van der Waals surface area contributed by atoms with Gasteiger partial charge in [0.05, 0.1) is 22.8 Å². The Morgan fingerprint density at radius 2 is 1.94 bits per heavy atom. The van der Waals surface area contributed by atoms with Crippen LogP contribution in [0.4, 0.5) is 10.1 Å². The second-order valence-electron chi connectivity index (χ2n) is 8.12. The Balaban J connectivity index is 1.45. The first kappa shape index (κ1) is 23.2. The molecule has 0 atom stereocenters. The Bertz CT molecular complexity index is 1050. The van der Waals surface area contributed by atoms with Crippen LogP contribution in [-0.4, -0.2) is 48.0 Å². The number of carboxylic acids is 1. The third-order valence-corrected chi connectivity index (χ3v) is 7.10. The summed E-state index contributed by atoms with van der Waals surface area (Å²) < 4.78 is 18.9. The van der Waals surface area contributed by atoms with Crippen LogP contribution in [0.1, 0.15) is 24.5 Å². The highest BCUT2D eigenvalue weighted by Gasteiger charge is 2.23. The molecule has 0 aromatic heterocycles. The molecule has 0 aliphatic carbocycles. The molecule has 0 bridgehead atoms. The number of nitrogens with zero attached hydrogens (tertiary/aromatic N) is 2. The van der Waals surface area contributed by atoms with E-state index in [-0.39, 0.29) is 5.82 Å². The summed E-state index contributed by atoms with van der Waals surface area (Å²) in [5.41, 5.74) is 3.65. The molecule has 33 heavy (non-hydrogen) atoms. The van der Waals surface area contributed by atoms with Crippen LogP contribution in [-0.2, 0) is 17.8 Å². The number of thioether (sulfide) groups is 1. The molecule has 174 valence electrons. The van der Waals surface area contributed by atoms with E-state index in [1.54, 1.807) is 30.0 Å². The van der Waals surface area contributed by atoms with Gasteiger partial charge in [-0.15, -0.1) is 11.8 Å². The normalized spacial score (nSPS) is 15.5. The van der Waals surface area contributed by atoms with Crippen LogP contribution in [0.15, 0.2) is 65.2 Å². The molecule has 2 heterocycles. The first-order valence-corrected chi connectivity index (χ1v) is 12.3. The summed E-state index contributed by atoms with van der Waals surface area (Å²) in [6.45, 7) is 5.93. The topological polar surface area (TPSA) is 53.0 Å². The first-order valence-electron chi connectivity index (χ1n) is 11.3. The Kier molecular flexibility index (Phi) is 7.60. The minimum Gasteiger partial charge on any atom is -0.490 e. The number of aryl methyl sites for hydroxylation is 1. The maximum Gasteiger partial charge on any atom is 0.338 e. The number of hydrogen-bond donors (Lipinski definition) is 1. The minimum atomic E-state index is -0.909. The summed E-state index contributed by atoms with van der Waals surface area (Å²) in [6, 6.07) is 12.8. The van der Waals surface area contributed by atoms with E-state index < -0.39 is 5.97 Å². The molecule has 0 amide bonds. The van der Waals surface area contributed by atoms with Crippen LogP contribution in [0.5, 0.6) is 5.75 Å². The van der Waals surface area contributed by atoms with Crippen LogP contribution in [0, 0.1) is 5.82 Å². The Hall–Kier alpha value is -2.93. The lowest BCUT2D eigenvalue weighted by Gasteiger charge is -2.32. The average Bonchev–Trinajstić information content (AvgIpc) is 2.83.